The highest BCUT2D eigenvalue weighted by atomic mass is 16.5. The SMILES string of the molecule is COc1cc(C(C)C)ccc1CN(C)CC(=O)O. The molecule has 0 heterocycles. The number of ether oxygens (including phenoxy) is 1. The fourth-order valence-corrected chi connectivity index (χ4v) is 1.83. The largest absolute Gasteiger partial charge is 0.496 e. The first-order valence-corrected chi connectivity index (χ1v) is 6.01. The molecule has 0 unspecified atom stereocenters. The summed E-state index contributed by atoms with van der Waals surface area (Å²) in [6.07, 6.45) is 0. The molecule has 1 rings (SSSR count). The zero-order chi connectivity index (χ0) is 13.7. The van der Waals surface area contributed by atoms with Crippen molar-refractivity contribution in [1.29, 1.82) is 0 Å². The third kappa shape index (κ3) is 4.04. The van der Waals surface area contributed by atoms with Gasteiger partial charge >= 0.3 is 5.97 Å². The summed E-state index contributed by atoms with van der Waals surface area (Å²) in [4.78, 5) is 12.4. The lowest BCUT2D eigenvalue weighted by Crippen LogP contribution is -2.25. The number of carboxylic acid groups (broad SMARTS) is 1. The highest BCUT2D eigenvalue weighted by Gasteiger charge is 2.10. The van der Waals surface area contributed by atoms with E-state index in [1.165, 1.54) is 5.56 Å². The Morgan fingerprint density at radius 3 is 2.61 bits per heavy atom. The van der Waals surface area contributed by atoms with Crippen LogP contribution in [0.15, 0.2) is 18.2 Å². The summed E-state index contributed by atoms with van der Waals surface area (Å²) < 4.78 is 5.37. The number of hydrogen-bond donors (Lipinski definition) is 1. The van der Waals surface area contributed by atoms with Crippen LogP contribution in [0.5, 0.6) is 5.75 Å². The quantitative estimate of drug-likeness (QED) is 0.843. The second-order valence-electron chi connectivity index (χ2n) is 4.79. The first-order chi connectivity index (χ1) is 8.43. The molecule has 0 fully saturated rings. The van der Waals surface area contributed by atoms with Gasteiger partial charge in [0.1, 0.15) is 5.75 Å². The lowest BCUT2D eigenvalue weighted by Gasteiger charge is -2.17. The standard InChI is InChI=1S/C14H21NO3/c1-10(2)11-5-6-12(13(7-11)18-4)8-15(3)9-14(16)17/h5-7,10H,8-9H2,1-4H3,(H,16,17). The first kappa shape index (κ1) is 14.5. The van der Waals surface area contributed by atoms with Crippen LogP contribution in [0.25, 0.3) is 0 Å². The van der Waals surface area contributed by atoms with E-state index in [1.807, 2.05) is 12.1 Å². The van der Waals surface area contributed by atoms with Crippen molar-refractivity contribution in [3.8, 4) is 5.75 Å². The maximum absolute atomic E-state index is 10.6. The molecule has 0 aliphatic carbocycles. The number of aliphatic carboxylic acids is 1. The van der Waals surface area contributed by atoms with Crippen molar-refractivity contribution < 1.29 is 14.6 Å². The number of rotatable bonds is 6. The molecular weight excluding hydrogens is 230 g/mol. The molecule has 0 bridgehead atoms. The second kappa shape index (κ2) is 6.40. The van der Waals surface area contributed by atoms with Crippen LogP contribution in [0.4, 0.5) is 0 Å². The van der Waals surface area contributed by atoms with E-state index in [1.54, 1.807) is 19.1 Å². The fourth-order valence-electron chi connectivity index (χ4n) is 1.83. The Labute approximate surface area is 108 Å². The van der Waals surface area contributed by atoms with E-state index >= 15 is 0 Å². The highest BCUT2D eigenvalue weighted by Crippen LogP contribution is 2.25. The molecule has 18 heavy (non-hydrogen) atoms. The van der Waals surface area contributed by atoms with E-state index in [-0.39, 0.29) is 6.54 Å². The van der Waals surface area contributed by atoms with Crippen molar-refractivity contribution in [1.82, 2.24) is 4.90 Å². The molecule has 0 saturated carbocycles. The van der Waals surface area contributed by atoms with Gasteiger partial charge in [0.25, 0.3) is 0 Å². The second-order valence-corrected chi connectivity index (χ2v) is 4.79. The Morgan fingerprint density at radius 2 is 2.11 bits per heavy atom. The zero-order valence-electron chi connectivity index (χ0n) is 11.4. The van der Waals surface area contributed by atoms with Crippen molar-refractivity contribution in [2.24, 2.45) is 0 Å². The van der Waals surface area contributed by atoms with Gasteiger partial charge in [-0.2, -0.15) is 0 Å². The highest BCUT2D eigenvalue weighted by molar-refractivity contribution is 5.69. The summed E-state index contributed by atoms with van der Waals surface area (Å²) in [6.45, 7) is 4.85. The van der Waals surface area contributed by atoms with Gasteiger partial charge < -0.3 is 9.84 Å². The van der Waals surface area contributed by atoms with Gasteiger partial charge in [0.15, 0.2) is 0 Å². The normalized spacial score (nSPS) is 11.0. The average molecular weight is 251 g/mol. The van der Waals surface area contributed by atoms with Crippen LogP contribution in [0, 0.1) is 0 Å². The summed E-state index contributed by atoms with van der Waals surface area (Å²) in [5.41, 5.74) is 2.22. The number of likely N-dealkylation sites (N-methyl/N-ethyl adjacent to an activating group) is 1. The molecular formula is C14H21NO3. The third-order valence-electron chi connectivity index (χ3n) is 2.82. The van der Waals surface area contributed by atoms with Crippen LogP contribution < -0.4 is 4.74 Å². The molecule has 1 aromatic carbocycles. The van der Waals surface area contributed by atoms with Crippen LogP contribution in [0.2, 0.25) is 0 Å². The van der Waals surface area contributed by atoms with Gasteiger partial charge in [-0.25, -0.2) is 0 Å². The van der Waals surface area contributed by atoms with Crippen molar-refractivity contribution in [2.45, 2.75) is 26.3 Å². The van der Waals surface area contributed by atoms with Crippen LogP contribution in [0.1, 0.15) is 30.9 Å². The predicted molar refractivity (Wildman–Crippen MR) is 71.1 cm³/mol. The van der Waals surface area contributed by atoms with E-state index in [0.29, 0.717) is 12.5 Å². The lowest BCUT2D eigenvalue weighted by atomic mass is 10.0. The van der Waals surface area contributed by atoms with E-state index in [2.05, 4.69) is 19.9 Å². The van der Waals surface area contributed by atoms with Crippen molar-refractivity contribution >= 4 is 5.97 Å². The first-order valence-electron chi connectivity index (χ1n) is 6.01. The Bertz CT molecular complexity index is 416. The molecule has 0 radical (unpaired) electrons. The van der Waals surface area contributed by atoms with Gasteiger partial charge in [-0.1, -0.05) is 26.0 Å². The molecule has 1 aromatic rings. The van der Waals surface area contributed by atoms with Crippen LogP contribution in [-0.4, -0.2) is 36.7 Å². The summed E-state index contributed by atoms with van der Waals surface area (Å²) in [6, 6.07) is 6.10. The average Bonchev–Trinajstić information content (AvgIpc) is 2.27. The number of nitrogens with zero attached hydrogens (tertiary/aromatic N) is 1. The minimum atomic E-state index is -0.824. The summed E-state index contributed by atoms with van der Waals surface area (Å²) in [5, 5.41) is 8.73. The van der Waals surface area contributed by atoms with E-state index in [9.17, 15) is 4.79 Å². The summed E-state index contributed by atoms with van der Waals surface area (Å²) >= 11 is 0. The third-order valence-corrected chi connectivity index (χ3v) is 2.82. The van der Waals surface area contributed by atoms with Gasteiger partial charge in [0.05, 0.1) is 13.7 Å². The predicted octanol–water partition coefficient (Wildman–Crippen LogP) is 2.33. The van der Waals surface area contributed by atoms with Crippen molar-refractivity contribution in [3.05, 3.63) is 29.3 Å². The van der Waals surface area contributed by atoms with Gasteiger partial charge in [-0.15, -0.1) is 0 Å². The Hall–Kier alpha value is -1.55. The monoisotopic (exact) mass is 251 g/mol. The summed E-state index contributed by atoms with van der Waals surface area (Å²) in [7, 11) is 3.42. The molecule has 0 amide bonds. The van der Waals surface area contributed by atoms with E-state index in [0.717, 1.165) is 11.3 Å². The molecule has 100 valence electrons. The number of benzene rings is 1. The zero-order valence-corrected chi connectivity index (χ0v) is 11.4. The van der Waals surface area contributed by atoms with Gasteiger partial charge in [0.2, 0.25) is 0 Å². The topological polar surface area (TPSA) is 49.8 Å². The van der Waals surface area contributed by atoms with Gasteiger partial charge in [-0.3, -0.25) is 9.69 Å². The van der Waals surface area contributed by atoms with E-state index < -0.39 is 5.97 Å². The molecule has 0 saturated heterocycles. The maximum atomic E-state index is 10.6. The van der Waals surface area contributed by atoms with Crippen LogP contribution in [0.3, 0.4) is 0 Å². The minimum absolute atomic E-state index is 0.0229. The lowest BCUT2D eigenvalue weighted by molar-refractivity contribution is -0.138. The number of carboxylic acids is 1. The number of carbonyl (C=O) groups is 1. The Morgan fingerprint density at radius 1 is 1.44 bits per heavy atom. The maximum Gasteiger partial charge on any atom is 0.317 e. The fraction of sp³-hybridized carbons (Fsp3) is 0.500. The van der Waals surface area contributed by atoms with Crippen LogP contribution in [-0.2, 0) is 11.3 Å². The van der Waals surface area contributed by atoms with Gasteiger partial charge in [0, 0.05) is 12.1 Å². The minimum Gasteiger partial charge on any atom is -0.496 e. The van der Waals surface area contributed by atoms with Crippen molar-refractivity contribution in [2.75, 3.05) is 20.7 Å². The molecule has 0 aromatic heterocycles. The molecule has 0 atom stereocenters. The number of hydrogen-bond acceptors (Lipinski definition) is 3. The van der Waals surface area contributed by atoms with Crippen LogP contribution >= 0.6 is 0 Å². The molecule has 1 N–H and O–H groups in total. The smallest absolute Gasteiger partial charge is 0.317 e. The molecule has 0 aliphatic heterocycles. The molecule has 4 nitrogen and oxygen atoms in total. The van der Waals surface area contributed by atoms with Gasteiger partial charge in [-0.05, 0) is 24.6 Å². The molecule has 4 heteroatoms. The Kier molecular flexibility index (Phi) is 5.16. The Balaban J connectivity index is 2.85. The summed E-state index contributed by atoms with van der Waals surface area (Å²) in [5.74, 6) is 0.443. The van der Waals surface area contributed by atoms with Crippen molar-refractivity contribution in [3.63, 3.8) is 0 Å². The molecule has 0 spiro atoms. The number of methoxy groups -OCH3 is 1. The van der Waals surface area contributed by atoms with E-state index in [4.69, 9.17) is 9.84 Å². The molecule has 0 aliphatic rings.